The molecule has 1 saturated carbocycles. The summed E-state index contributed by atoms with van der Waals surface area (Å²) in [7, 11) is 0. The monoisotopic (exact) mass is 289 g/mol. The topological polar surface area (TPSA) is 49.3 Å². The normalized spacial score (nSPS) is 16.6. The molecular weight excluding hydrogens is 262 g/mol. The van der Waals surface area contributed by atoms with Crippen LogP contribution in [0.5, 0.6) is 0 Å². The predicted molar refractivity (Wildman–Crippen MR) is 85.4 cm³/mol. The van der Waals surface area contributed by atoms with Gasteiger partial charge in [0.05, 0.1) is 5.60 Å². The van der Waals surface area contributed by atoms with Gasteiger partial charge in [-0.25, -0.2) is 0 Å². The highest BCUT2D eigenvalue weighted by atomic mass is 16.3. The summed E-state index contributed by atoms with van der Waals surface area (Å²) in [5.41, 5.74) is 1.22. The first kappa shape index (κ1) is 16.0. The largest absolute Gasteiger partial charge is 0.390 e. The van der Waals surface area contributed by atoms with Crippen molar-refractivity contribution in [1.29, 1.82) is 0 Å². The molecule has 0 heterocycles. The number of nitrogens with one attached hydrogen (secondary N) is 1. The second-order valence-corrected chi connectivity index (χ2v) is 7.00. The van der Waals surface area contributed by atoms with Gasteiger partial charge in [0, 0.05) is 11.1 Å². The van der Waals surface area contributed by atoms with Crippen molar-refractivity contribution >= 4 is 5.91 Å². The van der Waals surface area contributed by atoms with E-state index in [0.29, 0.717) is 6.42 Å². The minimum absolute atomic E-state index is 0.0334. The fourth-order valence-electron chi connectivity index (χ4n) is 2.70. The van der Waals surface area contributed by atoms with E-state index in [1.54, 1.807) is 0 Å². The van der Waals surface area contributed by atoms with Crippen molar-refractivity contribution in [2.45, 2.75) is 70.4 Å². The number of aliphatic hydroxyl groups is 1. The highest BCUT2D eigenvalue weighted by molar-refractivity contribution is 5.95. The molecule has 1 fully saturated rings. The van der Waals surface area contributed by atoms with E-state index in [9.17, 15) is 9.90 Å². The average Bonchev–Trinajstić information content (AvgIpc) is 3.16. The van der Waals surface area contributed by atoms with Gasteiger partial charge >= 0.3 is 0 Å². The van der Waals surface area contributed by atoms with Gasteiger partial charge in [-0.2, -0.15) is 0 Å². The highest BCUT2D eigenvalue weighted by Crippen LogP contribution is 2.39. The van der Waals surface area contributed by atoms with Gasteiger partial charge in [-0.3, -0.25) is 4.79 Å². The lowest BCUT2D eigenvalue weighted by Crippen LogP contribution is -2.36. The SMILES string of the molecule is CCCC1(NC(=O)c2cccc(CCC(C)(C)O)c2)CC1. The van der Waals surface area contributed by atoms with Gasteiger partial charge in [-0.15, -0.1) is 0 Å². The number of hydrogen-bond donors (Lipinski definition) is 2. The van der Waals surface area contributed by atoms with Crippen molar-refractivity contribution in [3.05, 3.63) is 35.4 Å². The Labute approximate surface area is 127 Å². The van der Waals surface area contributed by atoms with Gasteiger partial charge in [0.25, 0.3) is 5.91 Å². The van der Waals surface area contributed by atoms with Gasteiger partial charge in [0.15, 0.2) is 0 Å². The van der Waals surface area contributed by atoms with Crippen LogP contribution in [0.1, 0.15) is 68.8 Å². The number of amides is 1. The van der Waals surface area contributed by atoms with Crippen LogP contribution in [-0.4, -0.2) is 22.2 Å². The molecular formula is C18H27NO2. The molecule has 2 N–H and O–H groups in total. The van der Waals surface area contributed by atoms with E-state index in [1.807, 2.05) is 38.1 Å². The molecule has 3 heteroatoms. The van der Waals surface area contributed by atoms with E-state index < -0.39 is 5.60 Å². The maximum Gasteiger partial charge on any atom is 0.251 e. The summed E-state index contributed by atoms with van der Waals surface area (Å²) in [6.45, 7) is 5.78. The van der Waals surface area contributed by atoms with Crippen molar-refractivity contribution < 1.29 is 9.90 Å². The zero-order valence-corrected chi connectivity index (χ0v) is 13.4. The summed E-state index contributed by atoms with van der Waals surface area (Å²) in [6, 6.07) is 7.75. The van der Waals surface area contributed by atoms with Crippen LogP contribution < -0.4 is 5.32 Å². The van der Waals surface area contributed by atoms with Crippen molar-refractivity contribution in [2.24, 2.45) is 0 Å². The van der Waals surface area contributed by atoms with Crippen LogP contribution in [0, 0.1) is 0 Å². The second kappa shape index (κ2) is 6.18. The molecule has 0 saturated heterocycles. The minimum Gasteiger partial charge on any atom is -0.390 e. The van der Waals surface area contributed by atoms with Gasteiger partial charge in [-0.05, 0) is 63.6 Å². The van der Waals surface area contributed by atoms with E-state index in [4.69, 9.17) is 0 Å². The van der Waals surface area contributed by atoms with Crippen LogP contribution in [0.2, 0.25) is 0 Å². The van der Waals surface area contributed by atoms with E-state index in [-0.39, 0.29) is 11.4 Å². The van der Waals surface area contributed by atoms with Gasteiger partial charge in [-0.1, -0.05) is 25.5 Å². The molecule has 0 aliphatic heterocycles. The smallest absolute Gasteiger partial charge is 0.251 e. The first-order valence-electron chi connectivity index (χ1n) is 7.97. The highest BCUT2D eigenvalue weighted by Gasteiger charge is 2.42. The third-order valence-electron chi connectivity index (χ3n) is 4.18. The number of carbonyl (C=O) groups excluding carboxylic acids is 1. The molecule has 116 valence electrons. The van der Waals surface area contributed by atoms with Gasteiger partial charge in [0.1, 0.15) is 0 Å². The lowest BCUT2D eigenvalue weighted by Gasteiger charge is -2.18. The molecule has 0 radical (unpaired) electrons. The van der Waals surface area contributed by atoms with Crippen molar-refractivity contribution in [3.8, 4) is 0 Å². The minimum atomic E-state index is -0.669. The Balaban J connectivity index is 1.98. The molecule has 1 aromatic carbocycles. The van der Waals surface area contributed by atoms with Crippen molar-refractivity contribution in [2.75, 3.05) is 0 Å². The number of aryl methyl sites for hydroxylation is 1. The van der Waals surface area contributed by atoms with Gasteiger partial charge in [0.2, 0.25) is 0 Å². The molecule has 0 unspecified atom stereocenters. The average molecular weight is 289 g/mol. The Bertz CT molecular complexity index is 498. The van der Waals surface area contributed by atoms with Crippen LogP contribution in [-0.2, 0) is 6.42 Å². The first-order chi connectivity index (χ1) is 9.84. The number of carbonyl (C=O) groups is 1. The number of hydrogen-bond acceptors (Lipinski definition) is 2. The van der Waals surface area contributed by atoms with Crippen molar-refractivity contribution in [1.82, 2.24) is 5.32 Å². The lowest BCUT2D eigenvalue weighted by atomic mass is 9.97. The predicted octanol–water partition coefficient (Wildman–Crippen LogP) is 3.45. The Morgan fingerprint density at radius 1 is 1.38 bits per heavy atom. The van der Waals surface area contributed by atoms with E-state index in [2.05, 4.69) is 12.2 Å². The fraction of sp³-hybridized carbons (Fsp3) is 0.611. The Morgan fingerprint density at radius 2 is 2.10 bits per heavy atom. The second-order valence-electron chi connectivity index (χ2n) is 7.00. The number of rotatable bonds is 7. The standard InChI is InChI=1S/C18H27NO2/c1-4-9-18(11-12-18)19-16(20)15-7-5-6-14(13-15)8-10-17(2,3)21/h5-7,13,21H,4,8-12H2,1-3H3,(H,19,20). The molecule has 1 amide bonds. The molecule has 1 aromatic rings. The summed E-state index contributed by atoms with van der Waals surface area (Å²) in [6.07, 6.45) is 5.85. The van der Waals surface area contributed by atoms with Crippen LogP contribution in [0.3, 0.4) is 0 Å². The quantitative estimate of drug-likeness (QED) is 0.807. The fourth-order valence-corrected chi connectivity index (χ4v) is 2.70. The first-order valence-corrected chi connectivity index (χ1v) is 7.97. The Hall–Kier alpha value is -1.35. The zero-order valence-electron chi connectivity index (χ0n) is 13.4. The Morgan fingerprint density at radius 3 is 2.67 bits per heavy atom. The maximum atomic E-state index is 12.4. The van der Waals surface area contributed by atoms with E-state index in [0.717, 1.165) is 43.2 Å². The molecule has 3 nitrogen and oxygen atoms in total. The molecule has 0 spiro atoms. The van der Waals surface area contributed by atoms with E-state index >= 15 is 0 Å². The van der Waals surface area contributed by atoms with Crippen molar-refractivity contribution in [3.63, 3.8) is 0 Å². The molecule has 0 atom stereocenters. The maximum absolute atomic E-state index is 12.4. The molecule has 1 aliphatic rings. The Kier molecular flexibility index (Phi) is 4.72. The summed E-state index contributed by atoms with van der Waals surface area (Å²) in [5, 5.41) is 13.0. The summed E-state index contributed by atoms with van der Waals surface area (Å²) in [5.74, 6) is 0.0334. The zero-order chi connectivity index (χ0) is 15.5. The lowest BCUT2D eigenvalue weighted by molar-refractivity contribution is 0.0714. The van der Waals surface area contributed by atoms with Crippen LogP contribution in [0.15, 0.2) is 24.3 Å². The molecule has 21 heavy (non-hydrogen) atoms. The van der Waals surface area contributed by atoms with Gasteiger partial charge < -0.3 is 10.4 Å². The van der Waals surface area contributed by atoms with Crippen LogP contribution in [0.25, 0.3) is 0 Å². The molecule has 2 rings (SSSR count). The third-order valence-corrected chi connectivity index (χ3v) is 4.18. The molecule has 1 aliphatic carbocycles. The van der Waals surface area contributed by atoms with Crippen LogP contribution in [0.4, 0.5) is 0 Å². The summed E-state index contributed by atoms with van der Waals surface area (Å²) < 4.78 is 0. The molecule has 0 bridgehead atoms. The summed E-state index contributed by atoms with van der Waals surface area (Å²) >= 11 is 0. The van der Waals surface area contributed by atoms with E-state index in [1.165, 1.54) is 0 Å². The third kappa shape index (κ3) is 4.85. The number of benzene rings is 1. The molecule has 0 aromatic heterocycles. The van der Waals surface area contributed by atoms with Crippen LogP contribution >= 0.6 is 0 Å². The summed E-state index contributed by atoms with van der Waals surface area (Å²) in [4.78, 5) is 12.4.